The molecule has 0 saturated carbocycles. The second-order valence-electron chi connectivity index (χ2n) is 6.66. The zero-order valence-corrected chi connectivity index (χ0v) is 13.8. The van der Waals surface area contributed by atoms with Gasteiger partial charge < -0.3 is 5.32 Å². The third-order valence-corrected chi connectivity index (χ3v) is 2.53. The summed E-state index contributed by atoms with van der Waals surface area (Å²) in [6.07, 6.45) is 2.77. The SMILES string of the molecule is CC(C)CCC(C)C.CC(C)CNC(=O)C(C)C.[HH]. The third-order valence-electron chi connectivity index (χ3n) is 2.53. The summed E-state index contributed by atoms with van der Waals surface area (Å²) in [5.74, 6) is 2.57. The van der Waals surface area contributed by atoms with E-state index in [4.69, 9.17) is 0 Å². The average Bonchev–Trinajstić information content (AvgIpc) is 2.23. The fourth-order valence-electron chi connectivity index (χ4n) is 1.18. The van der Waals surface area contributed by atoms with Crippen molar-refractivity contribution in [3.63, 3.8) is 0 Å². The minimum absolute atomic E-state index is 0. The Kier molecular flexibility index (Phi) is 12.7. The number of nitrogens with one attached hydrogen (secondary N) is 1. The smallest absolute Gasteiger partial charge is 0.222 e. The first-order valence-electron chi connectivity index (χ1n) is 7.44. The molecule has 0 aromatic rings. The summed E-state index contributed by atoms with van der Waals surface area (Å²) in [5, 5.41) is 2.84. The molecule has 18 heavy (non-hydrogen) atoms. The summed E-state index contributed by atoms with van der Waals surface area (Å²) in [4.78, 5) is 10.9. The number of hydrogen-bond donors (Lipinski definition) is 1. The lowest BCUT2D eigenvalue weighted by atomic mass is 10.0. The molecule has 0 radical (unpaired) electrons. The van der Waals surface area contributed by atoms with Gasteiger partial charge in [0.05, 0.1) is 0 Å². The van der Waals surface area contributed by atoms with Gasteiger partial charge in [-0.05, 0) is 17.8 Å². The van der Waals surface area contributed by atoms with Gasteiger partial charge in [0, 0.05) is 13.9 Å². The molecule has 0 spiro atoms. The lowest BCUT2D eigenvalue weighted by molar-refractivity contribution is -0.124. The third kappa shape index (κ3) is 17.9. The molecular weight excluding hydrogens is 222 g/mol. The standard InChI is InChI=1S/C8H17NO.C8H18.H2/c1-6(2)5-9-8(10)7(3)4;1-7(2)5-6-8(3)4;/h6-7H,5H2,1-4H3,(H,9,10);7-8H,5-6H2,1-4H3;1H. The molecule has 0 unspecified atom stereocenters. The van der Waals surface area contributed by atoms with E-state index in [0.717, 1.165) is 18.4 Å². The largest absolute Gasteiger partial charge is 0.356 e. The van der Waals surface area contributed by atoms with Gasteiger partial charge in [-0.1, -0.05) is 68.2 Å². The van der Waals surface area contributed by atoms with Crippen LogP contribution >= 0.6 is 0 Å². The van der Waals surface area contributed by atoms with E-state index in [1.807, 2.05) is 13.8 Å². The van der Waals surface area contributed by atoms with Crippen LogP contribution in [0.25, 0.3) is 0 Å². The van der Waals surface area contributed by atoms with Crippen molar-refractivity contribution in [1.82, 2.24) is 5.32 Å². The van der Waals surface area contributed by atoms with Crippen molar-refractivity contribution in [2.45, 2.75) is 68.2 Å². The van der Waals surface area contributed by atoms with Gasteiger partial charge in [0.1, 0.15) is 0 Å². The molecule has 0 aliphatic rings. The minimum Gasteiger partial charge on any atom is -0.356 e. The number of hydrogen-bond acceptors (Lipinski definition) is 1. The predicted molar refractivity (Wildman–Crippen MR) is 83.7 cm³/mol. The van der Waals surface area contributed by atoms with Crippen LogP contribution in [0.2, 0.25) is 0 Å². The lowest BCUT2D eigenvalue weighted by Crippen LogP contribution is -2.30. The second kappa shape index (κ2) is 11.6. The molecule has 0 fully saturated rings. The van der Waals surface area contributed by atoms with Crippen LogP contribution in [-0.4, -0.2) is 12.5 Å². The maximum atomic E-state index is 10.9. The first-order valence-corrected chi connectivity index (χ1v) is 7.44. The summed E-state index contributed by atoms with van der Waals surface area (Å²) in [6.45, 7) is 17.9. The van der Waals surface area contributed by atoms with Crippen LogP contribution in [0.3, 0.4) is 0 Å². The van der Waals surface area contributed by atoms with Crippen LogP contribution in [0, 0.1) is 23.7 Å². The maximum Gasteiger partial charge on any atom is 0.222 e. The van der Waals surface area contributed by atoms with E-state index >= 15 is 0 Å². The molecule has 0 heterocycles. The summed E-state index contributed by atoms with van der Waals surface area (Å²) >= 11 is 0. The first kappa shape index (κ1) is 19.8. The molecule has 0 saturated heterocycles. The zero-order chi connectivity index (χ0) is 14.7. The molecule has 0 aliphatic heterocycles. The topological polar surface area (TPSA) is 29.1 Å². The average molecular weight is 259 g/mol. The number of carbonyl (C=O) groups excluding carboxylic acids is 1. The van der Waals surface area contributed by atoms with Gasteiger partial charge in [-0.3, -0.25) is 4.79 Å². The van der Waals surface area contributed by atoms with Gasteiger partial charge in [0.2, 0.25) is 5.91 Å². The van der Waals surface area contributed by atoms with Crippen LogP contribution in [0.4, 0.5) is 0 Å². The zero-order valence-electron chi connectivity index (χ0n) is 13.8. The fourth-order valence-corrected chi connectivity index (χ4v) is 1.18. The molecular formula is C16H37NO. The quantitative estimate of drug-likeness (QED) is 0.733. The molecule has 0 rings (SSSR count). The first-order chi connectivity index (χ1) is 8.16. The van der Waals surface area contributed by atoms with Crippen molar-refractivity contribution in [2.75, 3.05) is 6.54 Å². The highest BCUT2D eigenvalue weighted by Crippen LogP contribution is 2.09. The van der Waals surface area contributed by atoms with E-state index in [1.54, 1.807) is 0 Å². The molecule has 112 valence electrons. The van der Waals surface area contributed by atoms with Gasteiger partial charge >= 0.3 is 0 Å². The highest BCUT2D eigenvalue weighted by atomic mass is 16.1. The Morgan fingerprint density at radius 3 is 1.44 bits per heavy atom. The Labute approximate surface area is 116 Å². The van der Waals surface area contributed by atoms with Crippen molar-refractivity contribution in [2.24, 2.45) is 23.7 Å². The molecule has 0 aromatic carbocycles. The molecule has 1 amide bonds. The summed E-state index contributed by atoms with van der Waals surface area (Å²) in [5.41, 5.74) is 0. The van der Waals surface area contributed by atoms with Crippen molar-refractivity contribution >= 4 is 5.91 Å². The molecule has 2 nitrogen and oxygen atoms in total. The van der Waals surface area contributed by atoms with E-state index < -0.39 is 0 Å². The Morgan fingerprint density at radius 2 is 1.22 bits per heavy atom. The summed E-state index contributed by atoms with van der Waals surface area (Å²) in [7, 11) is 0. The number of carbonyl (C=O) groups is 1. The van der Waals surface area contributed by atoms with Crippen molar-refractivity contribution in [3.8, 4) is 0 Å². The van der Waals surface area contributed by atoms with Crippen LogP contribution in [0.15, 0.2) is 0 Å². The molecule has 0 bridgehead atoms. The molecule has 0 aromatic heterocycles. The van der Waals surface area contributed by atoms with Crippen LogP contribution in [0.5, 0.6) is 0 Å². The van der Waals surface area contributed by atoms with Gasteiger partial charge in [-0.25, -0.2) is 0 Å². The van der Waals surface area contributed by atoms with Crippen LogP contribution < -0.4 is 5.32 Å². The monoisotopic (exact) mass is 259 g/mol. The van der Waals surface area contributed by atoms with E-state index in [-0.39, 0.29) is 13.3 Å². The van der Waals surface area contributed by atoms with Gasteiger partial charge in [0.15, 0.2) is 0 Å². The second-order valence-corrected chi connectivity index (χ2v) is 6.66. The molecule has 0 aliphatic carbocycles. The minimum atomic E-state index is 0. The number of amides is 1. The summed E-state index contributed by atoms with van der Waals surface area (Å²) < 4.78 is 0. The van der Waals surface area contributed by atoms with Gasteiger partial charge in [-0.2, -0.15) is 0 Å². The Bertz CT molecular complexity index is 193. The molecule has 0 atom stereocenters. The summed E-state index contributed by atoms with van der Waals surface area (Å²) in [6, 6.07) is 0. The lowest BCUT2D eigenvalue weighted by Gasteiger charge is -2.08. The normalized spacial score (nSPS) is 10.9. The fraction of sp³-hybridized carbons (Fsp3) is 0.938. The maximum absolute atomic E-state index is 10.9. The van der Waals surface area contributed by atoms with Crippen molar-refractivity contribution < 1.29 is 6.22 Å². The Morgan fingerprint density at radius 1 is 0.833 bits per heavy atom. The number of rotatable bonds is 6. The van der Waals surface area contributed by atoms with Crippen molar-refractivity contribution in [1.29, 1.82) is 0 Å². The predicted octanol–water partition coefficient (Wildman–Crippen LogP) is 4.74. The van der Waals surface area contributed by atoms with E-state index in [0.29, 0.717) is 5.92 Å². The highest BCUT2D eigenvalue weighted by Gasteiger charge is 2.05. The Balaban J connectivity index is -0.000000262. The van der Waals surface area contributed by atoms with Gasteiger partial charge in [0.25, 0.3) is 0 Å². The van der Waals surface area contributed by atoms with E-state index in [9.17, 15) is 4.79 Å². The van der Waals surface area contributed by atoms with E-state index in [2.05, 4.69) is 46.9 Å². The van der Waals surface area contributed by atoms with E-state index in [1.165, 1.54) is 12.8 Å². The highest BCUT2D eigenvalue weighted by molar-refractivity contribution is 5.77. The van der Waals surface area contributed by atoms with Crippen LogP contribution in [0.1, 0.15) is 69.7 Å². The van der Waals surface area contributed by atoms with Crippen molar-refractivity contribution in [3.05, 3.63) is 0 Å². The van der Waals surface area contributed by atoms with Crippen LogP contribution in [-0.2, 0) is 4.79 Å². The molecule has 2 heteroatoms. The Hall–Kier alpha value is -0.530. The molecule has 1 N–H and O–H groups in total. The van der Waals surface area contributed by atoms with Gasteiger partial charge in [-0.15, -0.1) is 0 Å².